The average Bonchev–Trinajstić information content (AvgIpc) is 2.78. The maximum absolute atomic E-state index is 13.9. The van der Waals surface area contributed by atoms with Crippen LogP contribution in [-0.4, -0.2) is 58.1 Å². The van der Waals surface area contributed by atoms with Gasteiger partial charge in [0.1, 0.15) is 23.4 Å². The molecule has 3 unspecified atom stereocenters. The fraction of sp³-hybridized carbons (Fsp3) is 0.615. The molecule has 0 saturated heterocycles. The lowest BCUT2D eigenvalue weighted by Crippen LogP contribution is -2.56. The molecular formula is C26H42N4O6. The van der Waals surface area contributed by atoms with E-state index in [0.29, 0.717) is 18.5 Å². The number of amides is 4. The van der Waals surface area contributed by atoms with Crippen LogP contribution in [0.2, 0.25) is 0 Å². The number of aromatic hydroxyl groups is 1. The minimum atomic E-state index is -1.33. The van der Waals surface area contributed by atoms with Crippen LogP contribution in [-0.2, 0) is 19.1 Å². The number of hydrogen-bond donors (Lipinski definition) is 4. The van der Waals surface area contributed by atoms with Crippen LogP contribution in [0.4, 0.5) is 4.79 Å². The van der Waals surface area contributed by atoms with Gasteiger partial charge in [0, 0.05) is 12.6 Å². The van der Waals surface area contributed by atoms with Gasteiger partial charge in [0.15, 0.2) is 0 Å². The minimum absolute atomic E-state index is 0.0143. The molecule has 3 atom stereocenters. The number of nitrogens with two attached hydrogens (primary N) is 1. The zero-order valence-corrected chi connectivity index (χ0v) is 22.3. The maximum atomic E-state index is 13.9. The number of nitrogens with zero attached hydrogens (tertiary/aromatic N) is 1. The van der Waals surface area contributed by atoms with Gasteiger partial charge in [0.05, 0.1) is 6.42 Å². The molecule has 36 heavy (non-hydrogen) atoms. The van der Waals surface area contributed by atoms with Crippen molar-refractivity contribution in [3.63, 3.8) is 0 Å². The number of phenolic OH excluding ortho intramolecular Hbond substituents is 1. The number of alkyl carbamates (subject to hydrolysis) is 1. The normalized spacial score (nSPS) is 13.7. The van der Waals surface area contributed by atoms with Gasteiger partial charge in [-0.1, -0.05) is 38.8 Å². The van der Waals surface area contributed by atoms with Crippen LogP contribution >= 0.6 is 0 Å². The summed E-state index contributed by atoms with van der Waals surface area (Å²) in [4.78, 5) is 52.9. The highest BCUT2D eigenvalue weighted by Gasteiger charge is 2.39. The number of nitrogens with one attached hydrogen (secondary N) is 2. The van der Waals surface area contributed by atoms with E-state index in [-0.39, 0.29) is 5.75 Å². The zero-order chi connectivity index (χ0) is 27.5. The second-order valence-electron chi connectivity index (χ2n) is 9.86. The molecule has 0 aliphatic carbocycles. The third kappa shape index (κ3) is 10.1. The predicted molar refractivity (Wildman–Crippen MR) is 137 cm³/mol. The third-order valence-electron chi connectivity index (χ3n) is 5.53. The van der Waals surface area contributed by atoms with E-state index >= 15 is 0 Å². The number of carbonyl (C=O) groups is 4. The van der Waals surface area contributed by atoms with Gasteiger partial charge in [0.25, 0.3) is 0 Å². The summed E-state index contributed by atoms with van der Waals surface area (Å²) < 4.78 is 5.27. The molecule has 0 aromatic heterocycles. The van der Waals surface area contributed by atoms with Crippen LogP contribution in [0.5, 0.6) is 5.75 Å². The molecular weight excluding hydrogens is 464 g/mol. The van der Waals surface area contributed by atoms with E-state index in [0.717, 1.165) is 19.3 Å². The highest BCUT2D eigenvalue weighted by molar-refractivity contribution is 5.94. The highest BCUT2D eigenvalue weighted by atomic mass is 16.6. The fourth-order valence-corrected chi connectivity index (χ4v) is 3.60. The zero-order valence-electron chi connectivity index (χ0n) is 22.3. The average molecular weight is 507 g/mol. The number of benzene rings is 1. The summed E-state index contributed by atoms with van der Waals surface area (Å²) in [6, 6.07) is 3.17. The lowest BCUT2D eigenvalue weighted by molar-refractivity contribution is -0.145. The van der Waals surface area contributed by atoms with Gasteiger partial charge in [-0.15, -0.1) is 0 Å². The van der Waals surface area contributed by atoms with Crippen molar-refractivity contribution in [3.05, 3.63) is 29.8 Å². The number of hydrogen-bond acceptors (Lipinski definition) is 6. The Morgan fingerprint density at radius 3 is 2.19 bits per heavy atom. The van der Waals surface area contributed by atoms with E-state index in [1.54, 1.807) is 39.8 Å². The van der Waals surface area contributed by atoms with E-state index in [1.165, 1.54) is 17.0 Å². The lowest BCUT2D eigenvalue weighted by atomic mass is 9.99. The Labute approximate surface area is 213 Å². The largest absolute Gasteiger partial charge is 0.508 e. The van der Waals surface area contributed by atoms with Gasteiger partial charge in [-0.3, -0.25) is 14.4 Å². The SMILES string of the molecule is CCCCCNC(=O)C(c1ccc(O)cc1)N(C(=O)C(CC(N)=O)NC(=O)OC(C)(C)C)C(C)CC. The van der Waals surface area contributed by atoms with Crippen LogP contribution in [0.3, 0.4) is 0 Å². The summed E-state index contributed by atoms with van der Waals surface area (Å²) in [6.07, 6.45) is 1.87. The van der Waals surface area contributed by atoms with Crippen molar-refractivity contribution in [1.82, 2.24) is 15.5 Å². The predicted octanol–water partition coefficient (Wildman–Crippen LogP) is 3.14. The number of unbranched alkanes of at least 4 members (excludes halogenated alkanes) is 2. The molecule has 10 heteroatoms. The lowest BCUT2D eigenvalue weighted by Gasteiger charge is -2.38. The summed E-state index contributed by atoms with van der Waals surface area (Å²) in [5.41, 5.74) is 5.04. The van der Waals surface area contributed by atoms with E-state index in [1.807, 2.05) is 6.92 Å². The first kappa shape index (κ1) is 30.7. The Bertz CT molecular complexity index is 881. The number of carbonyl (C=O) groups excluding carboxylic acids is 4. The highest BCUT2D eigenvalue weighted by Crippen LogP contribution is 2.28. The molecule has 202 valence electrons. The summed E-state index contributed by atoms with van der Waals surface area (Å²) >= 11 is 0. The Morgan fingerprint density at radius 2 is 1.69 bits per heavy atom. The molecule has 0 saturated carbocycles. The molecule has 0 bridgehead atoms. The molecule has 0 spiro atoms. The van der Waals surface area contributed by atoms with E-state index in [9.17, 15) is 24.3 Å². The number of phenols is 1. The van der Waals surface area contributed by atoms with Gasteiger partial charge in [0.2, 0.25) is 17.7 Å². The Kier molecular flexibility index (Phi) is 12.2. The second-order valence-corrected chi connectivity index (χ2v) is 9.86. The first-order valence-electron chi connectivity index (χ1n) is 12.5. The van der Waals surface area contributed by atoms with Gasteiger partial charge in [-0.05, 0) is 58.2 Å². The van der Waals surface area contributed by atoms with Gasteiger partial charge < -0.3 is 31.1 Å². The topological polar surface area (TPSA) is 151 Å². The van der Waals surface area contributed by atoms with E-state index in [2.05, 4.69) is 17.6 Å². The molecule has 4 amide bonds. The first-order valence-corrected chi connectivity index (χ1v) is 12.5. The van der Waals surface area contributed by atoms with Gasteiger partial charge in [-0.25, -0.2) is 4.79 Å². The third-order valence-corrected chi connectivity index (χ3v) is 5.53. The molecule has 0 aliphatic rings. The van der Waals surface area contributed by atoms with E-state index < -0.39 is 54.0 Å². The van der Waals surface area contributed by atoms with Crippen LogP contribution in [0, 0.1) is 0 Å². The number of primary amides is 1. The maximum Gasteiger partial charge on any atom is 0.408 e. The number of ether oxygens (including phenoxy) is 1. The van der Waals surface area contributed by atoms with Crippen molar-refractivity contribution in [1.29, 1.82) is 0 Å². The van der Waals surface area contributed by atoms with Crippen molar-refractivity contribution in [2.75, 3.05) is 6.54 Å². The summed E-state index contributed by atoms with van der Waals surface area (Å²) in [6.45, 7) is 11.2. The fourth-order valence-electron chi connectivity index (χ4n) is 3.60. The van der Waals surface area contributed by atoms with Crippen molar-refractivity contribution in [2.45, 2.75) is 97.4 Å². The monoisotopic (exact) mass is 506 g/mol. The molecule has 5 N–H and O–H groups in total. The quantitative estimate of drug-likeness (QED) is 0.302. The van der Waals surface area contributed by atoms with E-state index in [4.69, 9.17) is 10.5 Å². The van der Waals surface area contributed by atoms with Gasteiger partial charge >= 0.3 is 6.09 Å². The Hall–Kier alpha value is -3.30. The molecule has 0 aliphatic heterocycles. The van der Waals surface area contributed by atoms with Crippen molar-refractivity contribution in [2.24, 2.45) is 5.73 Å². The summed E-state index contributed by atoms with van der Waals surface area (Å²) in [7, 11) is 0. The summed E-state index contributed by atoms with van der Waals surface area (Å²) in [5.74, 6) is -1.82. The van der Waals surface area contributed by atoms with Gasteiger partial charge in [-0.2, -0.15) is 0 Å². The van der Waals surface area contributed by atoms with Crippen molar-refractivity contribution >= 4 is 23.8 Å². The molecule has 1 aromatic carbocycles. The van der Waals surface area contributed by atoms with Crippen LogP contribution in [0.25, 0.3) is 0 Å². The molecule has 0 fully saturated rings. The smallest absolute Gasteiger partial charge is 0.408 e. The molecule has 10 nitrogen and oxygen atoms in total. The molecule has 0 heterocycles. The van der Waals surface area contributed by atoms with Crippen LogP contribution < -0.4 is 16.4 Å². The summed E-state index contributed by atoms with van der Waals surface area (Å²) in [5, 5.41) is 15.1. The Balaban J connectivity index is 3.44. The van der Waals surface area contributed by atoms with Crippen molar-refractivity contribution in [3.8, 4) is 5.75 Å². The van der Waals surface area contributed by atoms with Crippen LogP contribution in [0.1, 0.15) is 85.3 Å². The Morgan fingerprint density at radius 1 is 1.08 bits per heavy atom. The number of rotatable bonds is 13. The van der Waals surface area contributed by atoms with Crippen LogP contribution in [0.15, 0.2) is 24.3 Å². The van der Waals surface area contributed by atoms with Crippen molar-refractivity contribution < 1.29 is 29.0 Å². The molecule has 0 radical (unpaired) electrons. The molecule has 1 aromatic rings. The minimum Gasteiger partial charge on any atom is -0.508 e. The second kappa shape index (κ2) is 14.3. The standard InChI is InChI=1S/C26H42N4O6/c1-7-9-10-15-28-23(33)22(18-11-13-19(31)14-12-18)30(17(3)8-2)24(34)20(16-21(27)32)29-25(35)36-26(4,5)6/h11-14,17,20,22,31H,7-10,15-16H2,1-6H3,(H2,27,32)(H,28,33)(H,29,35). The first-order chi connectivity index (χ1) is 16.8. The molecule has 1 rings (SSSR count).